The number of rotatable bonds is 9. The quantitative estimate of drug-likeness (QED) is 0.213. The van der Waals surface area contributed by atoms with Crippen LogP contribution in [0, 0.1) is 18.3 Å². The number of furan rings is 1. The van der Waals surface area contributed by atoms with Gasteiger partial charge in [-0.3, -0.25) is 9.59 Å². The number of carbonyl (C=O) groups excluding carboxylic acids is 2. The number of nitrogens with one attached hydrogen (secondary N) is 2. The second-order valence-corrected chi connectivity index (χ2v) is 14.1. The van der Waals surface area contributed by atoms with Crippen molar-refractivity contribution in [2.24, 2.45) is 11.3 Å². The summed E-state index contributed by atoms with van der Waals surface area (Å²) in [7, 11) is 3.98. The number of aryl methyl sites for hydroxylation is 1. The number of amides is 2. The van der Waals surface area contributed by atoms with Crippen LogP contribution >= 0.6 is 11.8 Å². The van der Waals surface area contributed by atoms with Gasteiger partial charge < -0.3 is 24.5 Å². The van der Waals surface area contributed by atoms with E-state index in [-0.39, 0.29) is 35.6 Å². The van der Waals surface area contributed by atoms with Gasteiger partial charge >= 0.3 is 0 Å². The van der Waals surface area contributed by atoms with Gasteiger partial charge in [0.25, 0.3) is 0 Å². The second kappa shape index (κ2) is 11.5. The van der Waals surface area contributed by atoms with E-state index < -0.39 is 5.54 Å². The molecule has 7 nitrogen and oxygen atoms in total. The first-order chi connectivity index (χ1) is 20.6. The highest BCUT2D eigenvalue weighted by molar-refractivity contribution is 7.99. The van der Waals surface area contributed by atoms with E-state index >= 15 is 0 Å². The van der Waals surface area contributed by atoms with Crippen LogP contribution in [0.1, 0.15) is 56.0 Å². The maximum Gasteiger partial charge on any atom is 0.250 e. The van der Waals surface area contributed by atoms with Crippen molar-refractivity contribution in [1.29, 1.82) is 0 Å². The number of benzene rings is 2. The molecule has 2 amide bonds. The lowest BCUT2D eigenvalue weighted by Gasteiger charge is -2.44. The number of nitrogens with zero attached hydrogens (tertiary/aromatic N) is 2. The molecule has 2 atom stereocenters. The van der Waals surface area contributed by atoms with E-state index in [4.69, 9.17) is 4.42 Å². The van der Waals surface area contributed by atoms with Crippen LogP contribution in [0.25, 0.3) is 10.9 Å². The van der Waals surface area contributed by atoms with Crippen molar-refractivity contribution < 1.29 is 14.0 Å². The van der Waals surface area contributed by atoms with Crippen molar-refractivity contribution >= 4 is 45.9 Å². The highest BCUT2D eigenvalue weighted by Crippen LogP contribution is 2.67. The predicted octanol–water partition coefficient (Wildman–Crippen LogP) is 7.20. The molecule has 2 aromatic carbocycles. The van der Waals surface area contributed by atoms with Gasteiger partial charge in [0.05, 0.1) is 12.8 Å². The molecule has 1 aliphatic heterocycles. The predicted molar refractivity (Wildman–Crippen MR) is 176 cm³/mol. The minimum atomic E-state index is -0.958. The molecule has 2 fully saturated rings. The Labute approximate surface area is 258 Å². The summed E-state index contributed by atoms with van der Waals surface area (Å²) in [5.74, 6) is 2.66. The number of para-hydroxylation sites is 1. The third-order valence-electron chi connectivity index (χ3n) is 9.80. The zero-order valence-electron chi connectivity index (χ0n) is 25.8. The summed E-state index contributed by atoms with van der Waals surface area (Å²) in [6, 6.07) is 20.0. The fourth-order valence-electron chi connectivity index (χ4n) is 7.15. The molecule has 0 radical (unpaired) electrons. The number of thioether (sulfide) groups is 1. The molecule has 3 heterocycles. The van der Waals surface area contributed by atoms with Gasteiger partial charge in [-0.2, -0.15) is 11.8 Å². The van der Waals surface area contributed by atoms with E-state index in [1.54, 1.807) is 6.26 Å². The third-order valence-corrected chi connectivity index (χ3v) is 10.8. The third kappa shape index (κ3) is 5.46. The van der Waals surface area contributed by atoms with Crippen molar-refractivity contribution in [2.45, 2.75) is 58.0 Å². The number of anilines is 2. The molecule has 4 aromatic rings. The molecule has 43 heavy (non-hydrogen) atoms. The Balaban J connectivity index is 1.30. The molecule has 1 aliphatic carbocycles. The Morgan fingerprint density at radius 3 is 2.42 bits per heavy atom. The van der Waals surface area contributed by atoms with Gasteiger partial charge in [0, 0.05) is 48.5 Å². The van der Waals surface area contributed by atoms with Gasteiger partial charge in [-0.25, -0.2) is 0 Å². The average molecular weight is 599 g/mol. The monoisotopic (exact) mass is 598 g/mol. The van der Waals surface area contributed by atoms with Crippen LogP contribution in [0.2, 0.25) is 0 Å². The van der Waals surface area contributed by atoms with Crippen LogP contribution in [0.15, 0.2) is 71.3 Å². The van der Waals surface area contributed by atoms with E-state index in [1.165, 1.54) is 16.6 Å². The van der Waals surface area contributed by atoms with Gasteiger partial charge in [0.15, 0.2) is 0 Å². The molecule has 1 saturated heterocycles. The number of fused-ring (bicyclic) bond motifs is 1. The average Bonchev–Trinajstić information content (AvgIpc) is 3.36. The molecule has 0 unspecified atom stereocenters. The highest BCUT2D eigenvalue weighted by Gasteiger charge is 2.60. The summed E-state index contributed by atoms with van der Waals surface area (Å²) in [5, 5.41) is 4.42. The largest absolute Gasteiger partial charge is 0.467 e. The first kappa shape index (κ1) is 29.4. The van der Waals surface area contributed by atoms with Crippen molar-refractivity contribution in [3.05, 3.63) is 83.9 Å². The molecule has 6 rings (SSSR count). The molecule has 2 aromatic heterocycles. The fraction of sp³-hybridized carbons (Fsp3) is 0.429. The van der Waals surface area contributed by atoms with Gasteiger partial charge in [0.2, 0.25) is 11.8 Å². The lowest BCUT2D eigenvalue weighted by atomic mass is 9.87. The highest BCUT2D eigenvalue weighted by atomic mass is 32.2. The molecule has 2 N–H and O–H groups in total. The Morgan fingerprint density at radius 1 is 1.02 bits per heavy atom. The van der Waals surface area contributed by atoms with E-state index in [0.29, 0.717) is 25.0 Å². The van der Waals surface area contributed by atoms with Crippen LogP contribution < -0.4 is 10.2 Å². The number of H-pyrrole nitrogens is 1. The second-order valence-electron chi connectivity index (χ2n) is 12.9. The number of hydrogen-bond acceptors (Lipinski definition) is 5. The maximum absolute atomic E-state index is 14.5. The number of carbonyl (C=O) groups is 2. The molecule has 0 bridgehead atoms. The lowest BCUT2D eigenvalue weighted by molar-refractivity contribution is -0.148. The van der Waals surface area contributed by atoms with Crippen molar-refractivity contribution in [2.75, 3.05) is 35.8 Å². The van der Waals surface area contributed by atoms with Crippen LogP contribution in [0.4, 0.5) is 11.4 Å². The summed E-state index contributed by atoms with van der Waals surface area (Å²) in [5.41, 5.74) is 4.42. The normalized spacial score (nSPS) is 20.5. The molecular formula is C35H42N4O3S. The first-order valence-corrected chi connectivity index (χ1v) is 16.3. The molecule has 0 spiro atoms. The van der Waals surface area contributed by atoms with E-state index in [9.17, 15) is 9.59 Å². The smallest absolute Gasteiger partial charge is 0.250 e. The summed E-state index contributed by atoms with van der Waals surface area (Å²) in [6.07, 6.45) is 3.22. The minimum Gasteiger partial charge on any atom is -0.467 e. The van der Waals surface area contributed by atoms with E-state index in [2.05, 4.69) is 55.3 Å². The zero-order chi connectivity index (χ0) is 30.4. The summed E-state index contributed by atoms with van der Waals surface area (Å²) in [6.45, 7) is 6.94. The molecule has 1 saturated carbocycles. The summed E-state index contributed by atoms with van der Waals surface area (Å²) in [4.78, 5) is 36.3. The van der Waals surface area contributed by atoms with E-state index in [1.807, 2.05) is 72.1 Å². The summed E-state index contributed by atoms with van der Waals surface area (Å²) >= 11 is 1.84. The van der Waals surface area contributed by atoms with Crippen molar-refractivity contribution in [3.8, 4) is 0 Å². The Bertz CT molecular complexity index is 1600. The topological polar surface area (TPSA) is 81.6 Å². The van der Waals surface area contributed by atoms with Crippen LogP contribution in [-0.4, -0.2) is 52.8 Å². The van der Waals surface area contributed by atoms with Gasteiger partial charge in [-0.05, 0) is 96.5 Å². The van der Waals surface area contributed by atoms with Gasteiger partial charge in [-0.1, -0.05) is 32.0 Å². The SMILES string of the molecule is Cc1[nH]c2ccccc2c1[C@H]1[C@@H](CC(=O)N(Cc2ccco2)C2(C(=O)Nc3ccc(N(C)C)cc3)CCSCC2)C1(C)C. The van der Waals surface area contributed by atoms with Crippen LogP contribution in [-0.2, 0) is 16.1 Å². The van der Waals surface area contributed by atoms with Crippen LogP contribution in [0.3, 0.4) is 0 Å². The summed E-state index contributed by atoms with van der Waals surface area (Å²) < 4.78 is 5.75. The van der Waals surface area contributed by atoms with Gasteiger partial charge in [0.1, 0.15) is 11.3 Å². The Kier molecular flexibility index (Phi) is 7.84. The van der Waals surface area contributed by atoms with Gasteiger partial charge in [-0.15, -0.1) is 0 Å². The van der Waals surface area contributed by atoms with E-state index in [0.717, 1.165) is 28.4 Å². The van der Waals surface area contributed by atoms with Crippen LogP contribution in [0.5, 0.6) is 0 Å². The number of hydrogen-bond donors (Lipinski definition) is 2. The standard InChI is InChI=1S/C35H42N4O3S/c1-23-31(27-10-6-7-11-29(27)36-23)32-28(34(32,2)3)21-30(40)39(22-26-9-8-18-42-26)35(16-19-43-20-17-35)33(41)37-24-12-14-25(15-13-24)38(4)5/h6-15,18,28,32,36H,16-17,19-22H2,1-5H3,(H,37,41)/t28-,32-/m1/s1. The van der Waals surface area contributed by atoms with Crippen molar-refractivity contribution in [1.82, 2.24) is 9.88 Å². The Hall–Kier alpha value is -3.65. The maximum atomic E-state index is 14.5. The number of aromatic amines is 1. The minimum absolute atomic E-state index is 0.0134. The first-order valence-electron chi connectivity index (χ1n) is 15.2. The molecule has 226 valence electrons. The Morgan fingerprint density at radius 2 is 1.74 bits per heavy atom. The molecular weight excluding hydrogens is 556 g/mol. The number of aromatic nitrogens is 1. The van der Waals surface area contributed by atoms with Crippen molar-refractivity contribution in [3.63, 3.8) is 0 Å². The lowest BCUT2D eigenvalue weighted by Crippen LogP contribution is -2.60. The fourth-order valence-corrected chi connectivity index (χ4v) is 8.32. The molecule has 8 heteroatoms. The molecule has 2 aliphatic rings. The zero-order valence-corrected chi connectivity index (χ0v) is 26.6.